The summed E-state index contributed by atoms with van der Waals surface area (Å²) in [5, 5.41) is 15.7. The molecule has 26 heavy (non-hydrogen) atoms. The molecule has 0 saturated heterocycles. The van der Waals surface area contributed by atoms with E-state index < -0.39 is 0 Å². The first-order chi connectivity index (χ1) is 12.7. The van der Waals surface area contributed by atoms with Crippen LogP contribution in [0.15, 0.2) is 27.9 Å². The van der Waals surface area contributed by atoms with E-state index in [4.69, 9.17) is 14.5 Å². The monoisotopic (exact) mass is 406 g/mol. The van der Waals surface area contributed by atoms with E-state index >= 15 is 0 Å². The first kappa shape index (κ1) is 17.6. The van der Waals surface area contributed by atoms with E-state index in [1.807, 2.05) is 18.2 Å². The van der Waals surface area contributed by atoms with E-state index in [1.165, 1.54) is 12.8 Å². The summed E-state index contributed by atoms with van der Waals surface area (Å²) < 4.78 is 11.7. The molecule has 1 saturated carbocycles. The molecule has 136 valence electrons. The predicted octanol–water partition coefficient (Wildman–Crippen LogP) is 4.55. The minimum Gasteiger partial charge on any atom is -0.497 e. The van der Waals surface area contributed by atoms with E-state index in [9.17, 15) is 0 Å². The Morgan fingerprint density at radius 2 is 2.12 bits per heavy atom. The Morgan fingerprint density at radius 1 is 1.23 bits per heavy atom. The lowest BCUT2D eigenvalue weighted by atomic mass is 10.2. The highest BCUT2D eigenvalue weighted by atomic mass is 32.2. The number of nitrogens with zero attached hydrogens (tertiary/aromatic N) is 3. The lowest BCUT2D eigenvalue weighted by Crippen LogP contribution is -1.99. The van der Waals surface area contributed by atoms with Crippen molar-refractivity contribution in [1.82, 2.24) is 15.2 Å². The summed E-state index contributed by atoms with van der Waals surface area (Å²) in [5.41, 5.74) is 2.00. The molecular weight excluding hydrogens is 388 g/mol. The largest absolute Gasteiger partial charge is 0.497 e. The van der Waals surface area contributed by atoms with Gasteiger partial charge in [0, 0.05) is 23.2 Å². The number of thiazole rings is 1. The molecule has 0 atom stereocenters. The molecule has 1 aliphatic carbocycles. The highest BCUT2D eigenvalue weighted by molar-refractivity contribution is 8.00. The standard InChI is InChI=1S/C17H18N4O2S3/c1-22-12-5-6-13(14(7-12)23-2)15-18-11(8-24-15)9-25-17-21-20-16(26-17)19-10-3-4-10/h5-8,10H,3-4,9H2,1-2H3,(H,19,20). The average molecular weight is 407 g/mol. The maximum Gasteiger partial charge on any atom is 0.206 e. The number of hydrogen-bond acceptors (Lipinski definition) is 9. The van der Waals surface area contributed by atoms with Crippen LogP contribution in [-0.4, -0.2) is 35.4 Å². The topological polar surface area (TPSA) is 69.2 Å². The zero-order valence-corrected chi connectivity index (χ0v) is 16.8. The van der Waals surface area contributed by atoms with Gasteiger partial charge >= 0.3 is 0 Å². The lowest BCUT2D eigenvalue weighted by molar-refractivity contribution is 0.395. The normalized spacial score (nSPS) is 13.6. The summed E-state index contributed by atoms with van der Waals surface area (Å²) in [7, 11) is 3.30. The van der Waals surface area contributed by atoms with Crippen molar-refractivity contribution < 1.29 is 9.47 Å². The summed E-state index contributed by atoms with van der Waals surface area (Å²) in [6.45, 7) is 0. The maximum absolute atomic E-state index is 5.48. The molecule has 0 radical (unpaired) electrons. The fourth-order valence-corrected chi connectivity index (χ4v) is 5.01. The van der Waals surface area contributed by atoms with Crippen LogP contribution in [0.1, 0.15) is 18.5 Å². The fraction of sp³-hybridized carbons (Fsp3) is 0.353. The maximum atomic E-state index is 5.48. The van der Waals surface area contributed by atoms with Crippen LogP contribution in [-0.2, 0) is 5.75 Å². The summed E-state index contributed by atoms with van der Waals surface area (Å²) >= 11 is 4.88. The Bertz CT molecular complexity index is 892. The van der Waals surface area contributed by atoms with Gasteiger partial charge in [-0.05, 0) is 25.0 Å². The van der Waals surface area contributed by atoms with Gasteiger partial charge in [0.25, 0.3) is 0 Å². The van der Waals surface area contributed by atoms with Gasteiger partial charge in [0.15, 0.2) is 4.34 Å². The highest BCUT2D eigenvalue weighted by Gasteiger charge is 2.22. The highest BCUT2D eigenvalue weighted by Crippen LogP contribution is 2.36. The van der Waals surface area contributed by atoms with E-state index in [0.29, 0.717) is 6.04 Å². The summed E-state index contributed by atoms with van der Waals surface area (Å²) in [6, 6.07) is 6.37. The van der Waals surface area contributed by atoms with E-state index in [2.05, 4.69) is 20.9 Å². The SMILES string of the molecule is COc1ccc(-c2nc(CSc3nnc(NC4CC4)s3)cs2)c(OC)c1. The fourth-order valence-electron chi connectivity index (χ4n) is 2.34. The molecule has 1 fully saturated rings. The van der Waals surface area contributed by atoms with Gasteiger partial charge in [-0.3, -0.25) is 0 Å². The number of methoxy groups -OCH3 is 2. The van der Waals surface area contributed by atoms with Crippen LogP contribution in [0.4, 0.5) is 5.13 Å². The van der Waals surface area contributed by atoms with Crippen LogP contribution < -0.4 is 14.8 Å². The van der Waals surface area contributed by atoms with Crippen LogP contribution >= 0.6 is 34.4 Å². The minimum absolute atomic E-state index is 0.598. The zero-order chi connectivity index (χ0) is 17.9. The first-order valence-electron chi connectivity index (χ1n) is 8.15. The third-order valence-corrected chi connectivity index (χ3v) is 6.79. The van der Waals surface area contributed by atoms with Gasteiger partial charge in [-0.1, -0.05) is 23.1 Å². The molecule has 0 amide bonds. The van der Waals surface area contributed by atoms with Gasteiger partial charge in [0.05, 0.1) is 25.5 Å². The molecule has 4 rings (SSSR count). The molecule has 9 heteroatoms. The molecule has 1 aromatic carbocycles. The molecule has 0 spiro atoms. The minimum atomic E-state index is 0.598. The number of aromatic nitrogens is 3. The van der Waals surface area contributed by atoms with Crippen molar-refractivity contribution in [2.45, 2.75) is 29.0 Å². The number of nitrogens with one attached hydrogen (secondary N) is 1. The smallest absolute Gasteiger partial charge is 0.206 e. The Morgan fingerprint density at radius 3 is 2.88 bits per heavy atom. The molecular formula is C17H18N4O2S3. The molecule has 0 aliphatic heterocycles. The van der Waals surface area contributed by atoms with Gasteiger partial charge in [-0.25, -0.2) is 4.98 Å². The molecule has 1 N–H and O–H groups in total. The van der Waals surface area contributed by atoms with Gasteiger partial charge in [-0.2, -0.15) is 0 Å². The molecule has 2 heterocycles. The Hall–Kier alpha value is -1.84. The molecule has 3 aromatic rings. The Kier molecular flexibility index (Phi) is 5.28. The van der Waals surface area contributed by atoms with Crippen LogP contribution in [0.2, 0.25) is 0 Å². The van der Waals surface area contributed by atoms with Crippen molar-refractivity contribution in [3.8, 4) is 22.1 Å². The first-order valence-corrected chi connectivity index (χ1v) is 10.8. The van der Waals surface area contributed by atoms with Crippen LogP contribution in [0, 0.1) is 0 Å². The van der Waals surface area contributed by atoms with Crippen LogP contribution in [0.5, 0.6) is 11.5 Å². The van der Waals surface area contributed by atoms with Crippen molar-refractivity contribution in [2.24, 2.45) is 0 Å². The Labute approximate surface area is 164 Å². The van der Waals surface area contributed by atoms with Crippen molar-refractivity contribution in [2.75, 3.05) is 19.5 Å². The van der Waals surface area contributed by atoms with Crippen molar-refractivity contribution >= 4 is 39.6 Å². The van der Waals surface area contributed by atoms with E-state index in [-0.39, 0.29) is 0 Å². The van der Waals surface area contributed by atoms with Gasteiger partial charge < -0.3 is 14.8 Å². The molecule has 0 unspecified atom stereocenters. The average Bonchev–Trinajstić information content (AvgIpc) is 3.17. The van der Waals surface area contributed by atoms with Crippen molar-refractivity contribution in [1.29, 1.82) is 0 Å². The summed E-state index contributed by atoms with van der Waals surface area (Å²) in [5.74, 6) is 2.30. The van der Waals surface area contributed by atoms with Gasteiger partial charge in [0.2, 0.25) is 5.13 Å². The Balaban J connectivity index is 1.42. The van der Waals surface area contributed by atoms with E-state index in [0.717, 1.165) is 43.0 Å². The molecule has 6 nitrogen and oxygen atoms in total. The lowest BCUT2D eigenvalue weighted by Gasteiger charge is -2.08. The molecule has 0 bridgehead atoms. The molecule has 2 aromatic heterocycles. The van der Waals surface area contributed by atoms with Gasteiger partial charge in [-0.15, -0.1) is 21.5 Å². The number of anilines is 1. The van der Waals surface area contributed by atoms with Gasteiger partial charge in [0.1, 0.15) is 16.5 Å². The third kappa shape index (κ3) is 4.11. The number of hydrogen-bond donors (Lipinski definition) is 1. The third-order valence-electron chi connectivity index (χ3n) is 3.85. The second-order valence-electron chi connectivity index (χ2n) is 5.79. The van der Waals surface area contributed by atoms with E-state index in [1.54, 1.807) is 48.7 Å². The van der Waals surface area contributed by atoms with Crippen molar-refractivity contribution in [3.63, 3.8) is 0 Å². The van der Waals surface area contributed by atoms with Crippen molar-refractivity contribution in [3.05, 3.63) is 29.3 Å². The number of ether oxygens (including phenoxy) is 2. The number of benzene rings is 1. The second-order valence-corrected chi connectivity index (χ2v) is 8.85. The number of thioether (sulfide) groups is 1. The second kappa shape index (κ2) is 7.81. The summed E-state index contributed by atoms with van der Waals surface area (Å²) in [6.07, 6.45) is 2.47. The van der Waals surface area contributed by atoms with Crippen LogP contribution in [0.25, 0.3) is 10.6 Å². The number of rotatable bonds is 8. The van der Waals surface area contributed by atoms with Crippen LogP contribution in [0.3, 0.4) is 0 Å². The quantitative estimate of drug-likeness (QED) is 0.551. The molecule has 1 aliphatic rings. The summed E-state index contributed by atoms with van der Waals surface area (Å²) in [4.78, 5) is 4.74. The zero-order valence-electron chi connectivity index (χ0n) is 14.4. The predicted molar refractivity (Wildman–Crippen MR) is 107 cm³/mol.